The van der Waals surface area contributed by atoms with E-state index in [1.807, 2.05) is 45.0 Å². The molecule has 3 N–H and O–H groups in total. The molecule has 0 radical (unpaired) electrons. The van der Waals surface area contributed by atoms with E-state index < -0.39 is 0 Å². The normalized spacial score (nSPS) is 13.3. The molecule has 0 bridgehead atoms. The van der Waals surface area contributed by atoms with Crippen LogP contribution in [0.3, 0.4) is 0 Å². The van der Waals surface area contributed by atoms with Gasteiger partial charge < -0.3 is 9.47 Å². The van der Waals surface area contributed by atoms with E-state index in [4.69, 9.17) is 15.3 Å². The SMILES string of the molecule is CCCOc1ccccc1C(COC(C)(C)C)NN. The second-order valence-electron chi connectivity index (χ2n) is 5.53. The molecule has 4 heteroatoms. The van der Waals surface area contributed by atoms with E-state index in [1.165, 1.54) is 0 Å². The van der Waals surface area contributed by atoms with Crippen molar-refractivity contribution in [3.05, 3.63) is 29.8 Å². The first-order valence-electron chi connectivity index (χ1n) is 6.79. The molecule has 0 aliphatic rings. The van der Waals surface area contributed by atoms with Crippen LogP contribution in [0.5, 0.6) is 5.75 Å². The maximum atomic E-state index is 5.80. The van der Waals surface area contributed by atoms with Crippen LogP contribution in [0, 0.1) is 0 Å². The molecule has 0 aliphatic carbocycles. The number of para-hydroxylation sites is 1. The van der Waals surface area contributed by atoms with Gasteiger partial charge in [-0.3, -0.25) is 11.3 Å². The van der Waals surface area contributed by atoms with Gasteiger partial charge in [-0.2, -0.15) is 0 Å². The minimum absolute atomic E-state index is 0.0766. The van der Waals surface area contributed by atoms with Crippen molar-refractivity contribution in [2.45, 2.75) is 45.8 Å². The van der Waals surface area contributed by atoms with Gasteiger partial charge in [-0.15, -0.1) is 0 Å². The van der Waals surface area contributed by atoms with Gasteiger partial charge in [-0.05, 0) is 33.3 Å². The average Bonchev–Trinajstić information content (AvgIpc) is 2.37. The zero-order valence-electron chi connectivity index (χ0n) is 12.4. The van der Waals surface area contributed by atoms with E-state index in [0.717, 1.165) is 17.7 Å². The Kier molecular flexibility index (Phi) is 6.28. The van der Waals surface area contributed by atoms with Crippen LogP contribution in [0.15, 0.2) is 24.3 Å². The minimum Gasteiger partial charge on any atom is -0.493 e. The van der Waals surface area contributed by atoms with Gasteiger partial charge >= 0.3 is 0 Å². The van der Waals surface area contributed by atoms with Crippen LogP contribution >= 0.6 is 0 Å². The van der Waals surface area contributed by atoms with Crippen LogP contribution in [-0.4, -0.2) is 18.8 Å². The van der Waals surface area contributed by atoms with Gasteiger partial charge in [0.05, 0.1) is 24.9 Å². The lowest BCUT2D eigenvalue weighted by Crippen LogP contribution is -2.34. The first-order valence-corrected chi connectivity index (χ1v) is 6.79. The molecule has 0 saturated heterocycles. The molecule has 108 valence electrons. The van der Waals surface area contributed by atoms with Crippen LogP contribution in [0.25, 0.3) is 0 Å². The van der Waals surface area contributed by atoms with Gasteiger partial charge in [0.1, 0.15) is 5.75 Å². The van der Waals surface area contributed by atoms with Gasteiger partial charge in [0.25, 0.3) is 0 Å². The topological polar surface area (TPSA) is 56.5 Å². The summed E-state index contributed by atoms with van der Waals surface area (Å²) in [7, 11) is 0. The molecule has 0 heterocycles. The molecular formula is C15H26N2O2. The van der Waals surface area contributed by atoms with Crippen molar-refractivity contribution in [3.8, 4) is 5.75 Å². The van der Waals surface area contributed by atoms with Crippen molar-refractivity contribution in [2.24, 2.45) is 5.84 Å². The molecule has 0 spiro atoms. The van der Waals surface area contributed by atoms with E-state index in [0.29, 0.717) is 13.2 Å². The number of nitrogens with one attached hydrogen (secondary N) is 1. The number of benzene rings is 1. The highest BCUT2D eigenvalue weighted by Crippen LogP contribution is 2.26. The standard InChI is InChI=1S/C15H26N2O2/c1-5-10-18-14-9-7-6-8-12(14)13(17-16)11-19-15(2,3)4/h6-9,13,17H,5,10-11,16H2,1-4H3. The van der Waals surface area contributed by atoms with Gasteiger partial charge in [-0.25, -0.2) is 0 Å². The smallest absolute Gasteiger partial charge is 0.124 e. The fourth-order valence-electron chi connectivity index (χ4n) is 1.67. The fourth-order valence-corrected chi connectivity index (χ4v) is 1.67. The lowest BCUT2D eigenvalue weighted by molar-refractivity contribution is -0.0151. The molecule has 0 aromatic heterocycles. The summed E-state index contributed by atoms with van der Waals surface area (Å²) in [5.41, 5.74) is 3.65. The third-order valence-corrected chi connectivity index (χ3v) is 2.64. The molecular weight excluding hydrogens is 240 g/mol. The van der Waals surface area contributed by atoms with Gasteiger partial charge in [0.15, 0.2) is 0 Å². The maximum absolute atomic E-state index is 5.80. The molecule has 1 unspecified atom stereocenters. The van der Waals surface area contributed by atoms with Gasteiger partial charge in [-0.1, -0.05) is 25.1 Å². The van der Waals surface area contributed by atoms with Crippen molar-refractivity contribution < 1.29 is 9.47 Å². The number of hydrogen-bond acceptors (Lipinski definition) is 4. The monoisotopic (exact) mass is 266 g/mol. The van der Waals surface area contributed by atoms with Crippen molar-refractivity contribution >= 4 is 0 Å². The Balaban J connectivity index is 2.79. The molecule has 1 aromatic carbocycles. The van der Waals surface area contributed by atoms with Crippen molar-refractivity contribution in [2.75, 3.05) is 13.2 Å². The highest BCUT2D eigenvalue weighted by Gasteiger charge is 2.18. The summed E-state index contributed by atoms with van der Waals surface area (Å²) in [4.78, 5) is 0. The fraction of sp³-hybridized carbons (Fsp3) is 0.600. The summed E-state index contributed by atoms with van der Waals surface area (Å²) in [6.07, 6.45) is 0.980. The molecule has 0 fully saturated rings. The lowest BCUT2D eigenvalue weighted by Gasteiger charge is -2.25. The Morgan fingerprint density at radius 2 is 1.95 bits per heavy atom. The van der Waals surface area contributed by atoms with Crippen LogP contribution in [0.2, 0.25) is 0 Å². The zero-order valence-corrected chi connectivity index (χ0v) is 12.4. The van der Waals surface area contributed by atoms with E-state index in [1.54, 1.807) is 0 Å². The molecule has 0 saturated carbocycles. The summed E-state index contributed by atoms with van der Waals surface area (Å²) in [6, 6.07) is 7.85. The summed E-state index contributed by atoms with van der Waals surface area (Å²) < 4.78 is 11.5. The number of hydrazine groups is 1. The Bertz CT molecular complexity index is 375. The number of hydrogen-bond donors (Lipinski definition) is 2. The van der Waals surface area contributed by atoms with E-state index in [2.05, 4.69) is 12.3 Å². The molecule has 0 amide bonds. The Hall–Kier alpha value is -1.10. The summed E-state index contributed by atoms with van der Waals surface area (Å²) in [6.45, 7) is 9.38. The Labute approximate surface area is 116 Å². The summed E-state index contributed by atoms with van der Waals surface area (Å²) >= 11 is 0. The highest BCUT2D eigenvalue weighted by molar-refractivity contribution is 5.36. The van der Waals surface area contributed by atoms with E-state index >= 15 is 0 Å². The third kappa shape index (κ3) is 5.59. The number of ether oxygens (including phenoxy) is 2. The van der Waals surface area contributed by atoms with E-state index in [9.17, 15) is 0 Å². The average molecular weight is 266 g/mol. The second-order valence-corrected chi connectivity index (χ2v) is 5.53. The lowest BCUT2D eigenvalue weighted by atomic mass is 10.1. The van der Waals surface area contributed by atoms with Crippen LogP contribution in [0.4, 0.5) is 0 Å². The number of rotatable bonds is 7. The minimum atomic E-state index is -0.186. The summed E-state index contributed by atoms with van der Waals surface area (Å²) in [5, 5.41) is 0. The van der Waals surface area contributed by atoms with Gasteiger partial charge in [0, 0.05) is 5.56 Å². The van der Waals surface area contributed by atoms with Crippen molar-refractivity contribution in [1.82, 2.24) is 5.43 Å². The molecule has 1 atom stereocenters. The van der Waals surface area contributed by atoms with Crippen LogP contribution in [0.1, 0.15) is 45.7 Å². The first kappa shape index (κ1) is 16.0. The second kappa shape index (κ2) is 7.48. The van der Waals surface area contributed by atoms with Crippen LogP contribution < -0.4 is 16.0 Å². The molecule has 4 nitrogen and oxygen atoms in total. The predicted octanol–water partition coefficient (Wildman–Crippen LogP) is 2.79. The zero-order chi connectivity index (χ0) is 14.3. The number of nitrogens with two attached hydrogens (primary N) is 1. The largest absolute Gasteiger partial charge is 0.493 e. The molecule has 1 aromatic rings. The first-order chi connectivity index (χ1) is 8.98. The van der Waals surface area contributed by atoms with Gasteiger partial charge in [0.2, 0.25) is 0 Å². The Morgan fingerprint density at radius 1 is 1.26 bits per heavy atom. The molecule has 19 heavy (non-hydrogen) atoms. The summed E-state index contributed by atoms with van der Waals surface area (Å²) in [5.74, 6) is 6.51. The van der Waals surface area contributed by atoms with Crippen LogP contribution in [-0.2, 0) is 4.74 Å². The van der Waals surface area contributed by atoms with Crippen molar-refractivity contribution in [3.63, 3.8) is 0 Å². The molecule has 1 rings (SSSR count). The van der Waals surface area contributed by atoms with E-state index in [-0.39, 0.29) is 11.6 Å². The Morgan fingerprint density at radius 3 is 2.53 bits per heavy atom. The molecule has 0 aliphatic heterocycles. The van der Waals surface area contributed by atoms with Crippen molar-refractivity contribution in [1.29, 1.82) is 0 Å². The maximum Gasteiger partial charge on any atom is 0.124 e. The highest BCUT2D eigenvalue weighted by atomic mass is 16.5. The predicted molar refractivity (Wildman–Crippen MR) is 78.0 cm³/mol. The third-order valence-electron chi connectivity index (χ3n) is 2.64. The quantitative estimate of drug-likeness (QED) is 0.588.